The number of nitrogens with zero attached hydrogens (tertiary/aromatic N) is 6. The van der Waals surface area contributed by atoms with E-state index in [9.17, 15) is 0 Å². The average Bonchev–Trinajstić information content (AvgIpc) is 1.59. The second kappa shape index (κ2) is 25.8. The van der Waals surface area contributed by atoms with Gasteiger partial charge in [0.15, 0.2) is 0 Å². The molecule has 4 heterocycles. The van der Waals surface area contributed by atoms with E-state index in [1.807, 2.05) is 36.9 Å². The van der Waals surface area contributed by atoms with Crippen LogP contribution in [0.15, 0.2) is 377 Å². The minimum Gasteiger partial charge on any atom is -0.310 e. The maximum atomic E-state index is 4.40. The molecule has 106 heavy (non-hydrogen) atoms. The fourth-order valence-electron chi connectivity index (χ4n) is 16.9. The van der Waals surface area contributed by atoms with E-state index < -0.39 is 0 Å². The Hall–Kier alpha value is -13.4. The van der Waals surface area contributed by atoms with E-state index in [1.165, 1.54) is 122 Å². The van der Waals surface area contributed by atoms with Gasteiger partial charge in [-0.3, -0.25) is 9.97 Å². The van der Waals surface area contributed by atoms with Gasteiger partial charge in [0.25, 0.3) is 0 Å². The van der Waals surface area contributed by atoms with Crippen molar-refractivity contribution in [3.05, 3.63) is 399 Å². The van der Waals surface area contributed by atoms with Crippen LogP contribution in [0.5, 0.6) is 0 Å². The Morgan fingerprint density at radius 1 is 0.226 bits per heavy atom. The third kappa shape index (κ3) is 10.9. The highest BCUT2D eigenvalue weighted by atomic mass is 15.1. The molecule has 0 N–H and O–H groups in total. The number of hydrogen-bond donors (Lipinski definition) is 0. The summed E-state index contributed by atoms with van der Waals surface area (Å²) in [5.41, 5.74) is 33.7. The topological polar surface area (TPSA) is 42.1 Å². The molecule has 2 aliphatic carbocycles. The van der Waals surface area contributed by atoms with Gasteiger partial charge in [0.05, 0.1) is 22.1 Å². The Kier molecular flexibility index (Phi) is 15.5. The molecule has 504 valence electrons. The number of benzene rings is 14. The molecule has 0 saturated carbocycles. The van der Waals surface area contributed by atoms with Gasteiger partial charge in [-0.05, 0) is 229 Å². The normalized spacial score (nSPS) is 12.9. The minimum atomic E-state index is -0.0999. The van der Waals surface area contributed by atoms with E-state index in [4.69, 9.17) is 0 Å². The molecule has 14 aromatic carbocycles. The molecular weight excluding hydrogens is 1290 g/mol. The van der Waals surface area contributed by atoms with Gasteiger partial charge in [0.1, 0.15) is 0 Å². The fourth-order valence-corrected chi connectivity index (χ4v) is 16.9. The first-order valence-electron chi connectivity index (χ1n) is 36.6. The lowest BCUT2D eigenvalue weighted by atomic mass is 9.82. The SMILES string of the molecule is CC1(C)c2ccccc2-c2ccc(N(c3ccc(-c4ccc5c(c4)c4ccccc4n5-c4ccccc4)cc3)c3cccc(-c4cccnc4)c3)cc21.CC1(C)c2ccccc2-c2ccc(N(c3ccc(-c4cccnc4)cc3)c3ccc(-c4ccc5c(c4)c4ccccc4n5-c4ccccc4)cc3)cc21. The van der Waals surface area contributed by atoms with Crippen LogP contribution >= 0.6 is 0 Å². The van der Waals surface area contributed by atoms with Crippen molar-refractivity contribution < 1.29 is 0 Å². The van der Waals surface area contributed by atoms with Crippen LogP contribution in [0.25, 0.3) is 122 Å². The van der Waals surface area contributed by atoms with Crippen LogP contribution in [0.1, 0.15) is 49.9 Å². The maximum Gasteiger partial charge on any atom is 0.0541 e. The summed E-state index contributed by atoms with van der Waals surface area (Å²) >= 11 is 0. The van der Waals surface area contributed by atoms with Crippen molar-refractivity contribution >= 4 is 77.7 Å². The Balaban J connectivity index is 0.000000145. The largest absolute Gasteiger partial charge is 0.310 e. The van der Waals surface area contributed by atoms with E-state index in [1.54, 1.807) is 0 Å². The predicted octanol–water partition coefficient (Wildman–Crippen LogP) is 26.6. The maximum absolute atomic E-state index is 4.40. The zero-order chi connectivity index (χ0) is 71.0. The lowest BCUT2D eigenvalue weighted by molar-refractivity contribution is 0.660. The Morgan fingerprint density at radius 2 is 0.566 bits per heavy atom. The van der Waals surface area contributed by atoms with Gasteiger partial charge in [-0.25, -0.2) is 0 Å². The average molecular weight is 1360 g/mol. The molecule has 0 bridgehead atoms. The number of rotatable bonds is 12. The quantitative estimate of drug-likeness (QED) is 0.122. The van der Waals surface area contributed by atoms with Crippen LogP contribution in [-0.2, 0) is 10.8 Å². The molecule has 0 fully saturated rings. The molecule has 0 spiro atoms. The first kappa shape index (κ1) is 63.5. The number of aromatic nitrogens is 4. The van der Waals surface area contributed by atoms with E-state index in [-0.39, 0.29) is 10.8 Å². The van der Waals surface area contributed by atoms with Crippen molar-refractivity contribution in [3.63, 3.8) is 0 Å². The molecule has 0 unspecified atom stereocenters. The summed E-state index contributed by atoms with van der Waals surface area (Å²) in [4.78, 5) is 13.5. The minimum absolute atomic E-state index is 0.0933. The predicted molar refractivity (Wildman–Crippen MR) is 443 cm³/mol. The van der Waals surface area contributed by atoms with Crippen molar-refractivity contribution in [1.82, 2.24) is 19.1 Å². The van der Waals surface area contributed by atoms with Gasteiger partial charge in [0.2, 0.25) is 0 Å². The molecule has 0 aliphatic heterocycles. The van der Waals surface area contributed by atoms with Crippen molar-refractivity contribution in [2.24, 2.45) is 0 Å². The number of pyridine rings is 2. The van der Waals surface area contributed by atoms with Crippen molar-refractivity contribution in [2.75, 3.05) is 9.80 Å². The third-order valence-electron chi connectivity index (χ3n) is 22.2. The summed E-state index contributed by atoms with van der Waals surface area (Å²) in [6, 6.07) is 128. The second-order valence-corrected chi connectivity index (χ2v) is 29.0. The van der Waals surface area contributed by atoms with Crippen LogP contribution in [-0.4, -0.2) is 19.1 Å². The zero-order valence-electron chi connectivity index (χ0n) is 59.5. The molecule has 6 nitrogen and oxygen atoms in total. The second-order valence-electron chi connectivity index (χ2n) is 29.0. The highest BCUT2D eigenvalue weighted by Crippen LogP contribution is 2.53. The molecule has 0 saturated heterocycles. The third-order valence-corrected chi connectivity index (χ3v) is 22.2. The van der Waals surface area contributed by atoms with Crippen molar-refractivity contribution in [2.45, 2.75) is 38.5 Å². The Morgan fingerprint density at radius 3 is 1.02 bits per heavy atom. The summed E-state index contributed by atoms with van der Waals surface area (Å²) in [5.74, 6) is 0. The molecule has 20 rings (SSSR count). The summed E-state index contributed by atoms with van der Waals surface area (Å²) in [5, 5.41) is 5.02. The smallest absolute Gasteiger partial charge is 0.0541 e. The first-order chi connectivity index (χ1) is 52.1. The van der Waals surface area contributed by atoms with E-state index in [0.29, 0.717) is 0 Å². The van der Waals surface area contributed by atoms with Gasteiger partial charge in [-0.2, -0.15) is 0 Å². The summed E-state index contributed by atoms with van der Waals surface area (Å²) in [6.07, 6.45) is 7.49. The van der Waals surface area contributed by atoms with Crippen LogP contribution in [0.2, 0.25) is 0 Å². The fraction of sp³-hybridized carbons (Fsp3) is 0.0600. The monoisotopic (exact) mass is 1360 g/mol. The van der Waals surface area contributed by atoms with Crippen LogP contribution in [0, 0.1) is 0 Å². The molecule has 2 aliphatic rings. The number of hydrogen-bond acceptors (Lipinski definition) is 4. The zero-order valence-corrected chi connectivity index (χ0v) is 59.5. The van der Waals surface area contributed by atoms with E-state index >= 15 is 0 Å². The van der Waals surface area contributed by atoms with E-state index in [0.717, 1.165) is 56.4 Å². The highest BCUT2D eigenvalue weighted by Gasteiger charge is 2.37. The van der Waals surface area contributed by atoms with Crippen LogP contribution in [0.3, 0.4) is 0 Å². The van der Waals surface area contributed by atoms with Gasteiger partial charge < -0.3 is 18.9 Å². The van der Waals surface area contributed by atoms with Crippen LogP contribution in [0.4, 0.5) is 34.1 Å². The van der Waals surface area contributed by atoms with E-state index in [2.05, 4.69) is 396 Å². The van der Waals surface area contributed by atoms with Crippen LogP contribution < -0.4 is 9.80 Å². The Labute approximate surface area is 618 Å². The van der Waals surface area contributed by atoms with Gasteiger partial charge in [-0.15, -0.1) is 0 Å². The lowest BCUT2D eigenvalue weighted by Gasteiger charge is -2.28. The summed E-state index contributed by atoms with van der Waals surface area (Å²) < 4.78 is 4.73. The molecule has 0 radical (unpaired) electrons. The van der Waals surface area contributed by atoms with Gasteiger partial charge >= 0.3 is 0 Å². The molecular formula is C100H74N6. The van der Waals surface area contributed by atoms with Crippen molar-refractivity contribution in [3.8, 4) is 78.1 Å². The first-order valence-corrected chi connectivity index (χ1v) is 36.6. The van der Waals surface area contributed by atoms with Gasteiger partial charge in [-0.1, -0.05) is 234 Å². The Bertz CT molecular complexity index is 6350. The molecule has 18 aromatic rings. The molecule has 0 amide bonds. The van der Waals surface area contributed by atoms with Crippen molar-refractivity contribution in [1.29, 1.82) is 0 Å². The number of para-hydroxylation sites is 4. The lowest BCUT2D eigenvalue weighted by Crippen LogP contribution is -2.16. The number of fused-ring (bicyclic) bond motifs is 12. The summed E-state index contributed by atoms with van der Waals surface area (Å²) in [6.45, 7) is 9.38. The highest BCUT2D eigenvalue weighted by molar-refractivity contribution is 6.12. The molecule has 0 atom stereocenters. The standard InChI is InChI=1S/2C50H37N3/c1-50(2)46-19-8-6-17-42(46)43-27-26-41(32-47(43)50)52(40-16-10-12-35(30-40)37-13-11-29-51-33-37)39-24-21-34(22-25-39)36-23-28-49-45(31-36)44-18-7-9-20-48(44)53(49)38-14-4-3-5-15-38;1-50(2)46-16-8-6-14-42(46)43-28-27-41(32-47(43)50)52(40-25-20-35(21-26-40)37-11-10-30-51-33-37)39-23-18-34(19-24-39)36-22-29-49-45(31-36)44-15-7-9-17-48(44)53(49)38-12-4-3-5-13-38/h2*3-33H,1-2H3. The molecule has 4 aromatic heterocycles. The molecule has 6 heteroatoms. The summed E-state index contributed by atoms with van der Waals surface area (Å²) in [7, 11) is 0. The number of anilines is 6. The van der Waals surface area contributed by atoms with Gasteiger partial charge in [0, 0.05) is 108 Å².